The highest BCUT2D eigenvalue weighted by atomic mass is 32.2. The highest BCUT2D eigenvalue weighted by Gasteiger charge is 2.41. The molecule has 0 bridgehead atoms. The molecule has 28 heteroatoms. The second-order valence-electron chi connectivity index (χ2n) is 17.0. The molecule has 20 nitrogen and oxygen atoms in total. The van der Waals surface area contributed by atoms with Crippen LogP contribution in [0.5, 0.6) is 0 Å². The average Bonchev–Trinajstić information content (AvgIpc) is 3.86. The van der Waals surface area contributed by atoms with Crippen molar-refractivity contribution in [2.75, 3.05) is 93.9 Å². The number of nitrogens with zero attached hydrogens (tertiary/aromatic N) is 10. The van der Waals surface area contributed by atoms with Gasteiger partial charge in [-0.05, 0) is 48.5 Å². The number of carbonyl (C=O) groups excluding carboxylic acids is 2. The largest absolute Gasteiger partial charge is 0.471 e. The van der Waals surface area contributed by atoms with Gasteiger partial charge in [0.1, 0.15) is 0 Å². The Kier molecular flexibility index (Phi) is 16.4. The fourth-order valence-electron chi connectivity index (χ4n) is 7.99. The van der Waals surface area contributed by atoms with E-state index in [1.54, 1.807) is 60.7 Å². The normalized spacial score (nSPS) is 17.9. The number of hydrogen-bond acceptors (Lipinski definition) is 15. The molecule has 9 rings (SSSR count). The molecule has 4 saturated heterocycles. The van der Waals surface area contributed by atoms with Crippen LogP contribution in [0.3, 0.4) is 0 Å². The van der Waals surface area contributed by atoms with E-state index in [0.717, 1.165) is 6.20 Å². The van der Waals surface area contributed by atoms with E-state index in [1.807, 2.05) is 0 Å². The topological polar surface area (TPSA) is 217 Å². The van der Waals surface area contributed by atoms with Crippen molar-refractivity contribution in [3.05, 3.63) is 120 Å². The third kappa shape index (κ3) is 13.0. The van der Waals surface area contributed by atoms with E-state index in [0.29, 0.717) is 114 Å². The molecule has 3 aromatic heterocycles. The van der Waals surface area contributed by atoms with Gasteiger partial charge < -0.3 is 19.2 Å². The van der Waals surface area contributed by atoms with Crippen LogP contribution in [0, 0.1) is 0 Å². The smallest absolute Gasteiger partial charge is 0.413 e. The minimum atomic E-state index is -5.09. The van der Waals surface area contributed by atoms with E-state index in [-0.39, 0.29) is 30.1 Å². The minimum Gasteiger partial charge on any atom is -0.413 e. The number of alkyl halides is 6. The highest BCUT2D eigenvalue weighted by Crippen LogP contribution is 2.31. The van der Waals surface area contributed by atoms with Gasteiger partial charge in [0.15, 0.2) is 5.78 Å². The zero-order valence-corrected chi connectivity index (χ0v) is 40.4. The molecule has 0 radical (unpaired) electrons. The van der Waals surface area contributed by atoms with Crippen molar-refractivity contribution >= 4 is 43.5 Å². The molecule has 0 atom stereocenters. The molecule has 1 amide bonds. The quantitative estimate of drug-likeness (QED) is 0.110. The summed E-state index contributed by atoms with van der Waals surface area (Å²) in [5, 5.41) is 7.95. The number of piperazine rings is 2. The van der Waals surface area contributed by atoms with Crippen LogP contribution in [0.4, 0.5) is 37.7 Å². The number of amides is 1. The maximum absolute atomic E-state index is 13.7. The summed E-state index contributed by atoms with van der Waals surface area (Å²) in [5.74, 6) is -4.76. The second kappa shape index (κ2) is 22.5. The number of Topliss-reactive ketones (excluding diaryl/α,β-unsaturated/α-hetero) is 1. The number of aromatic nitrogens is 4. The van der Waals surface area contributed by atoms with Gasteiger partial charge in [-0.3, -0.25) is 38.0 Å². The number of halogens is 6. The third-order valence-corrected chi connectivity index (χ3v) is 16.1. The number of nitrogens with one attached hydrogen (secondary N) is 1. The zero-order valence-electron chi connectivity index (χ0n) is 38.7. The van der Waals surface area contributed by atoms with Gasteiger partial charge in [0.2, 0.25) is 5.89 Å². The Labute approximate surface area is 415 Å². The molecule has 0 spiro atoms. The maximum Gasteiger partial charge on any atom is 0.471 e. The summed E-state index contributed by atoms with van der Waals surface area (Å²) < 4.78 is 150. The Morgan fingerprint density at radius 2 is 1.08 bits per heavy atom. The van der Waals surface area contributed by atoms with Gasteiger partial charge in [-0.15, -0.1) is 10.2 Å². The molecule has 73 heavy (non-hydrogen) atoms. The van der Waals surface area contributed by atoms with Crippen molar-refractivity contribution in [1.82, 2.24) is 43.9 Å². The summed E-state index contributed by atoms with van der Waals surface area (Å²) >= 11 is 0. The van der Waals surface area contributed by atoms with Crippen LogP contribution in [-0.4, -0.2) is 171 Å². The highest BCUT2D eigenvalue weighted by molar-refractivity contribution is 7.90. The number of para-hydroxylation sites is 2. The third-order valence-electron chi connectivity index (χ3n) is 12.3. The number of benzene rings is 2. The molecular weight excluding hydrogens is 1020 g/mol. The Morgan fingerprint density at radius 3 is 1.45 bits per heavy atom. The van der Waals surface area contributed by atoms with E-state index in [2.05, 4.69) is 34.4 Å². The molecule has 7 heterocycles. The summed E-state index contributed by atoms with van der Waals surface area (Å²) in [6.45, 7) is 5.40. The molecule has 392 valence electrons. The predicted octanol–water partition coefficient (Wildman–Crippen LogP) is 3.63. The number of rotatable bonds is 16. The van der Waals surface area contributed by atoms with E-state index in [9.17, 15) is 52.8 Å². The molecule has 4 fully saturated rings. The summed E-state index contributed by atoms with van der Waals surface area (Å²) in [6.07, 6.45) is -7.42. The van der Waals surface area contributed by atoms with E-state index < -0.39 is 56.9 Å². The first kappa shape index (κ1) is 53.2. The van der Waals surface area contributed by atoms with Crippen molar-refractivity contribution < 1.29 is 66.7 Å². The lowest BCUT2D eigenvalue weighted by Gasteiger charge is -2.43. The zero-order chi connectivity index (χ0) is 52.0. The molecule has 0 unspecified atom stereocenters. The molecule has 4 aliphatic rings. The average molecular weight is 1070 g/mol. The number of carbonyl (C=O) groups is 2. The Morgan fingerprint density at radius 1 is 0.616 bits per heavy atom. The second-order valence-corrected chi connectivity index (χ2v) is 20.7. The molecular formula is C45H49F6N11O9S2. The summed E-state index contributed by atoms with van der Waals surface area (Å²) in [6, 6.07) is 23.6. The number of ether oxygens (including phenoxy) is 2. The SMILES string of the molecule is O=C(CNC(=O)C(F)(F)F)c1ccc(CN(c2ccccc2)S(=O)(=O)N2CCN(C3COC3)CC2)nc1.O=S(=O)(N1CCN(C2COC2)CC1)N(Cc1ccc(-c2nnc(C(F)(F)F)o2)cn1)c1ccccc1. The lowest BCUT2D eigenvalue weighted by atomic mass is 10.1. The van der Waals surface area contributed by atoms with E-state index in [1.165, 1.54) is 53.0 Å². The van der Waals surface area contributed by atoms with Crippen molar-refractivity contribution in [2.24, 2.45) is 0 Å². The fraction of sp³-hybridized carbons (Fsp3) is 0.422. The number of ketones is 1. The van der Waals surface area contributed by atoms with Crippen molar-refractivity contribution in [3.8, 4) is 11.5 Å². The Hall–Kier alpha value is -6.14. The molecule has 4 aliphatic heterocycles. The van der Waals surface area contributed by atoms with Gasteiger partial charge in [-0.25, -0.2) is 0 Å². The lowest BCUT2D eigenvalue weighted by Crippen LogP contribution is -2.59. The van der Waals surface area contributed by atoms with Crippen molar-refractivity contribution in [3.63, 3.8) is 0 Å². The lowest BCUT2D eigenvalue weighted by molar-refractivity contribution is -0.173. The first-order valence-electron chi connectivity index (χ1n) is 22.8. The standard InChI is InChI=1S/C23H26F3N5O5S.C22H23F3N6O4S/c24-23(25,26)22(33)28-13-21(32)17-6-7-18(27-12-17)14-31(19-4-2-1-3-5-19)37(34,35)30-10-8-29(9-11-30)20-15-36-16-20;23-22(24,25)21-28-27-20(35-21)16-6-7-17(26-12-16)13-31(18-4-2-1-3-5-18)36(32,33)30-10-8-29(9-11-30)19-14-34-15-19/h1-7,12,20H,8-11,13-16H2,(H,28,33);1-7,12,19H,8-11,13-15H2. The first-order chi connectivity index (χ1) is 34.8. The molecule has 2 aromatic carbocycles. The van der Waals surface area contributed by atoms with Crippen molar-refractivity contribution in [2.45, 2.75) is 37.5 Å². The van der Waals surface area contributed by atoms with Crippen LogP contribution < -0.4 is 13.9 Å². The molecule has 1 N–H and O–H groups in total. The maximum atomic E-state index is 13.7. The number of anilines is 2. The van der Waals surface area contributed by atoms with E-state index >= 15 is 0 Å². The minimum absolute atomic E-state index is 0.0172. The van der Waals surface area contributed by atoms with Gasteiger partial charge in [-0.1, -0.05) is 36.4 Å². The monoisotopic (exact) mass is 1070 g/mol. The number of hydrogen-bond donors (Lipinski definition) is 1. The van der Waals surface area contributed by atoms with Crippen molar-refractivity contribution in [1.29, 1.82) is 0 Å². The first-order valence-corrected chi connectivity index (χ1v) is 25.5. The van der Waals surface area contributed by atoms with Gasteiger partial charge in [-0.2, -0.15) is 51.8 Å². The van der Waals surface area contributed by atoms with Gasteiger partial charge in [0, 0.05) is 70.3 Å². The van der Waals surface area contributed by atoms with Crippen LogP contribution >= 0.6 is 0 Å². The molecule has 5 aromatic rings. The van der Waals surface area contributed by atoms with Crippen LogP contribution in [-0.2, 0) is 54.0 Å². The Bertz CT molecular complexity index is 2870. The summed E-state index contributed by atoms with van der Waals surface area (Å²) in [5.41, 5.74) is 1.81. The van der Waals surface area contributed by atoms with Gasteiger partial charge in [0.05, 0.1) is 86.5 Å². The van der Waals surface area contributed by atoms with Gasteiger partial charge in [0.25, 0.3) is 0 Å². The molecule has 0 aliphatic carbocycles. The molecule has 0 saturated carbocycles. The number of pyridine rings is 2. The summed E-state index contributed by atoms with van der Waals surface area (Å²) in [4.78, 5) is 35.9. The van der Waals surface area contributed by atoms with Crippen LogP contribution in [0.2, 0.25) is 0 Å². The van der Waals surface area contributed by atoms with Gasteiger partial charge >= 0.3 is 44.6 Å². The summed E-state index contributed by atoms with van der Waals surface area (Å²) in [7, 11) is -7.81. The predicted molar refractivity (Wildman–Crippen MR) is 249 cm³/mol. The van der Waals surface area contributed by atoms with Crippen LogP contribution in [0.25, 0.3) is 11.5 Å². The fourth-order valence-corrected chi connectivity index (χ4v) is 11.2. The van der Waals surface area contributed by atoms with Crippen LogP contribution in [0.1, 0.15) is 27.6 Å². The van der Waals surface area contributed by atoms with E-state index in [4.69, 9.17) is 9.47 Å². The van der Waals surface area contributed by atoms with Crippen LogP contribution in [0.15, 0.2) is 102 Å². The Balaban J connectivity index is 0.000000195.